The van der Waals surface area contributed by atoms with Gasteiger partial charge in [-0.25, -0.2) is 4.90 Å². The molecule has 6 heteroatoms. The fourth-order valence-electron chi connectivity index (χ4n) is 3.71. The first-order valence-electron chi connectivity index (χ1n) is 10.9. The first-order valence-corrected chi connectivity index (χ1v) is 11.8. The average molecular weight is 427 g/mol. The molecule has 0 saturated carbocycles. The van der Waals surface area contributed by atoms with E-state index in [1.807, 2.05) is 39.8 Å². The Labute approximate surface area is 187 Å². The third kappa shape index (κ3) is 5.01. The van der Waals surface area contributed by atoms with Crippen LogP contribution < -0.4 is 4.90 Å². The van der Waals surface area contributed by atoms with Gasteiger partial charge >= 0.3 is 0 Å². The molecule has 0 bridgehead atoms. The maximum atomic E-state index is 12.9. The zero-order chi connectivity index (χ0) is 22.7. The summed E-state index contributed by atoms with van der Waals surface area (Å²) in [5.41, 5.74) is -0.0891. The number of imide groups is 1. The van der Waals surface area contributed by atoms with E-state index in [-0.39, 0.29) is 29.2 Å². The van der Waals surface area contributed by atoms with Crippen molar-refractivity contribution < 1.29 is 14.4 Å². The van der Waals surface area contributed by atoms with Crippen molar-refractivity contribution in [3.8, 4) is 0 Å². The molecule has 2 rings (SSSR count). The van der Waals surface area contributed by atoms with Gasteiger partial charge in [0.2, 0.25) is 11.8 Å². The van der Waals surface area contributed by atoms with Gasteiger partial charge in [0, 0.05) is 22.5 Å². The number of hydrogen-bond donors (Lipinski definition) is 0. The number of thioether (sulfide) groups is 1. The molecule has 2 radical (unpaired) electrons. The number of anilines is 1. The van der Waals surface area contributed by atoms with Gasteiger partial charge in [-0.1, -0.05) is 72.9 Å². The Kier molecular flexibility index (Phi) is 8.00. The van der Waals surface area contributed by atoms with Gasteiger partial charge in [-0.2, -0.15) is 0 Å². The highest BCUT2D eigenvalue weighted by molar-refractivity contribution is 8.01. The number of amides is 2. The van der Waals surface area contributed by atoms with Gasteiger partial charge in [-0.3, -0.25) is 9.59 Å². The maximum Gasteiger partial charge on any atom is 0.247 e. The van der Waals surface area contributed by atoms with Crippen molar-refractivity contribution in [2.75, 3.05) is 4.90 Å². The molecule has 30 heavy (non-hydrogen) atoms. The van der Waals surface area contributed by atoms with Crippen molar-refractivity contribution in [1.82, 2.24) is 0 Å². The van der Waals surface area contributed by atoms with Gasteiger partial charge in [0.25, 0.3) is 0 Å². The summed E-state index contributed by atoms with van der Waals surface area (Å²) in [6.45, 7) is 11.9. The van der Waals surface area contributed by atoms with Gasteiger partial charge in [0.15, 0.2) is 7.85 Å². The van der Waals surface area contributed by atoms with Crippen LogP contribution in [0.25, 0.3) is 0 Å². The number of rotatable bonds is 10. The highest BCUT2D eigenvalue weighted by atomic mass is 32.2. The Morgan fingerprint density at radius 3 is 2.30 bits per heavy atom. The lowest BCUT2D eigenvalue weighted by atomic mass is 9.58. The fraction of sp³-hybridized carbons (Fsp3) is 0.625. The molecule has 4 nitrogen and oxygen atoms in total. The molecule has 0 spiro atoms. The van der Waals surface area contributed by atoms with E-state index in [0.717, 1.165) is 18.4 Å². The van der Waals surface area contributed by atoms with E-state index < -0.39 is 10.8 Å². The van der Waals surface area contributed by atoms with E-state index in [4.69, 9.17) is 7.85 Å². The number of benzene rings is 1. The highest BCUT2D eigenvalue weighted by Crippen LogP contribution is 2.42. The van der Waals surface area contributed by atoms with E-state index >= 15 is 0 Å². The van der Waals surface area contributed by atoms with Gasteiger partial charge < -0.3 is 4.79 Å². The molecule has 0 aromatic heterocycles. The molecule has 0 N–H and O–H groups in total. The van der Waals surface area contributed by atoms with Crippen LogP contribution in [0, 0.1) is 5.41 Å². The fourth-order valence-corrected chi connectivity index (χ4v) is 5.03. The second-order valence-corrected chi connectivity index (χ2v) is 11.0. The molecule has 1 aliphatic rings. The van der Waals surface area contributed by atoms with E-state index in [2.05, 4.69) is 13.8 Å². The lowest BCUT2D eigenvalue weighted by Crippen LogP contribution is -2.43. The van der Waals surface area contributed by atoms with Gasteiger partial charge in [0.1, 0.15) is 0 Å². The van der Waals surface area contributed by atoms with Crippen molar-refractivity contribution in [2.24, 2.45) is 5.41 Å². The molecule has 0 aliphatic carbocycles. The van der Waals surface area contributed by atoms with Crippen LogP contribution in [0.1, 0.15) is 79.2 Å². The number of carbonyl (C=O) groups excluding carboxylic acids is 3. The molecular weight excluding hydrogens is 393 g/mol. The van der Waals surface area contributed by atoms with Crippen molar-refractivity contribution in [3.63, 3.8) is 0 Å². The third-order valence-corrected chi connectivity index (χ3v) is 8.14. The number of unbranched alkanes of at least 4 members (excludes halogenated alkanes) is 2. The Balaban J connectivity index is 2.14. The third-order valence-electron chi connectivity index (χ3n) is 6.74. The summed E-state index contributed by atoms with van der Waals surface area (Å²) in [6.07, 6.45) is 4.85. The Morgan fingerprint density at radius 1 is 1.17 bits per heavy atom. The highest BCUT2D eigenvalue weighted by Gasteiger charge is 2.43. The van der Waals surface area contributed by atoms with Crippen molar-refractivity contribution >= 4 is 42.8 Å². The van der Waals surface area contributed by atoms with E-state index in [9.17, 15) is 14.4 Å². The monoisotopic (exact) mass is 427 g/mol. The molecule has 1 saturated heterocycles. The molecular formula is C24H34BNO3S. The molecule has 1 aromatic rings. The summed E-state index contributed by atoms with van der Waals surface area (Å²) in [7, 11) is 5.61. The predicted molar refractivity (Wildman–Crippen MR) is 126 cm³/mol. The van der Waals surface area contributed by atoms with Crippen molar-refractivity contribution in [3.05, 3.63) is 29.8 Å². The minimum atomic E-state index is -0.747. The SMILES string of the molecule is [B]C(=O)C(C)(C)C(C)(C)c1ccc(N2C(=O)CC(SC(C)CCCCC)C2=O)cc1. The second-order valence-electron chi connectivity index (χ2n) is 9.36. The number of nitrogens with zero attached hydrogens (tertiary/aromatic N) is 1. The number of carbonyl (C=O) groups is 3. The number of hydrogen-bond acceptors (Lipinski definition) is 4. The predicted octanol–water partition coefficient (Wildman–Crippen LogP) is 5.02. The van der Waals surface area contributed by atoms with Gasteiger partial charge in [0.05, 0.1) is 16.6 Å². The van der Waals surface area contributed by atoms with E-state index in [1.165, 1.54) is 17.7 Å². The van der Waals surface area contributed by atoms with Crippen LogP contribution in [-0.4, -0.2) is 35.8 Å². The zero-order valence-corrected chi connectivity index (χ0v) is 20.0. The summed E-state index contributed by atoms with van der Waals surface area (Å²) in [5.74, 6) is -0.278. The standard InChI is InChI=1S/C24H34BNO3S/c1-7-8-9-10-16(2)30-19-15-20(27)26(21(19)28)18-13-11-17(12-14-18)23(3,4)24(5,6)22(25)29/h11-14,16,19H,7-10,15H2,1-6H3. The first-order chi connectivity index (χ1) is 13.9. The average Bonchev–Trinajstić information content (AvgIpc) is 2.95. The smallest absolute Gasteiger partial charge is 0.247 e. The molecule has 2 unspecified atom stereocenters. The van der Waals surface area contributed by atoms with Gasteiger partial charge in [-0.15, -0.1) is 11.8 Å². The summed E-state index contributed by atoms with van der Waals surface area (Å²) >= 11 is 1.62. The Morgan fingerprint density at radius 2 is 1.77 bits per heavy atom. The van der Waals surface area contributed by atoms with E-state index in [0.29, 0.717) is 10.9 Å². The minimum absolute atomic E-state index is 0.128. The lowest BCUT2D eigenvalue weighted by molar-refractivity contribution is -0.122. The lowest BCUT2D eigenvalue weighted by Gasteiger charge is -2.41. The molecule has 2 amide bonds. The summed E-state index contributed by atoms with van der Waals surface area (Å²) in [5, 5.41) is 0.0523. The van der Waals surface area contributed by atoms with Crippen molar-refractivity contribution in [2.45, 2.75) is 89.6 Å². The van der Waals surface area contributed by atoms with Crippen LogP contribution in [0.3, 0.4) is 0 Å². The van der Waals surface area contributed by atoms with Crippen LogP contribution in [0.15, 0.2) is 24.3 Å². The largest absolute Gasteiger partial charge is 0.312 e. The summed E-state index contributed by atoms with van der Waals surface area (Å²) in [6, 6.07) is 7.35. The van der Waals surface area contributed by atoms with E-state index in [1.54, 1.807) is 23.9 Å². The minimum Gasteiger partial charge on any atom is -0.312 e. The summed E-state index contributed by atoms with van der Waals surface area (Å²) < 4.78 is 0. The maximum absolute atomic E-state index is 12.9. The first kappa shape index (κ1) is 24.7. The van der Waals surface area contributed by atoms with Gasteiger partial charge in [-0.05, 0) is 24.1 Å². The quantitative estimate of drug-likeness (QED) is 0.299. The van der Waals surface area contributed by atoms with Crippen LogP contribution >= 0.6 is 11.8 Å². The Bertz CT molecular complexity index is 788. The molecule has 1 heterocycles. The second kappa shape index (κ2) is 9.72. The molecule has 1 fully saturated rings. The topological polar surface area (TPSA) is 54.5 Å². The van der Waals surface area contributed by atoms with Crippen LogP contribution in [0.2, 0.25) is 0 Å². The zero-order valence-electron chi connectivity index (χ0n) is 19.2. The van der Waals surface area contributed by atoms with Crippen molar-refractivity contribution in [1.29, 1.82) is 0 Å². The van der Waals surface area contributed by atoms with Crippen LogP contribution in [-0.2, 0) is 19.8 Å². The molecule has 1 aliphatic heterocycles. The summed E-state index contributed by atoms with van der Waals surface area (Å²) in [4.78, 5) is 38.8. The van der Waals surface area contributed by atoms with Crippen LogP contribution in [0.5, 0.6) is 0 Å². The van der Waals surface area contributed by atoms with Crippen LogP contribution in [0.4, 0.5) is 5.69 Å². The molecule has 1 aromatic carbocycles. The molecule has 2 atom stereocenters. The normalized spacial score (nSPS) is 18.7. The Hall–Kier alpha value is -1.56. The molecule has 162 valence electrons.